The molecule has 4 nitrogen and oxygen atoms in total. The molecule has 0 spiro atoms. The smallest absolute Gasteiger partial charge is 0.373 e. The summed E-state index contributed by atoms with van der Waals surface area (Å²) >= 11 is 0. The number of pyridine rings is 1. The van der Waals surface area contributed by atoms with Gasteiger partial charge in [0.15, 0.2) is 0 Å². The van der Waals surface area contributed by atoms with Gasteiger partial charge in [-0.2, -0.15) is 13.2 Å². The first kappa shape index (κ1) is 16.7. The number of benzene rings is 1. The molecule has 1 aromatic carbocycles. The molecular weight excluding hydrogens is 357 g/mol. The van der Waals surface area contributed by atoms with Crippen molar-refractivity contribution in [2.24, 2.45) is 17.8 Å². The average Bonchev–Trinajstić information content (AvgIpc) is 3.26. The van der Waals surface area contributed by atoms with Crippen LogP contribution in [0.25, 0.3) is 0 Å². The van der Waals surface area contributed by atoms with Crippen molar-refractivity contribution < 1.29 is 22.7 Å². The van der Waals surface area contributed by atoms with Gasteiger partial charge in [0.1, 0.15) is 0 Å². The SMILES string of the molecule is O=C(Nc1cccc(C(F)(F)F)c1)[C@@H]1[C@@H]2O[C@@H]([C@H]3C[C@H]32)[C@@H]1c1ccncc1. The van der Waals surface area contributed by atoms with Crippen molar-refractivity contribution in [2.45, 2.75) is 30.7 Å². The Morgan fingerprint density at radius 3 is 2.59 bits per heavy atom. The van der Waals surface area contributed by atoms with Gasteiger partial charge in [0.05, 0.1) is 23.7 Å². The number of ether oxygens (including phenoxy) is 1. The third-order valence-corrected chi connectivity index (χ3v) is 6.00. The number of alkyl halides is 3. The molecule has 3 fully saturated rings. The summed E-state index contributed by atoms with van der Waals surface area (Å²) in [5.41, 5.74) is 0.364. The van der Waals surface area contributed by atoms with Crippen LogP contribution < -0.4 is 5.32 Å². The fraction of sp³-hybridized carbons (Fsp3) is 0.400. The number of halogens is 3. The van der Waals surface area contributed by atoms with Crippen molar-refractivity contribution in [3.8, 4) is 0 Å². The van der Waals surface area contributed by atoms with Crippen LogP contribution >= 0.6 is 0 Å². The molecule has 3 aliphatic rings. The van der Waals surface area contributed by atoms with Gasteiger partial charge in [-0.1, -0.05) is 6.07 Å². The molecule has 140 valence electrons. The van der Waals surface area contributed by atoms with Gasteiger partial charge in [-0.15, -0.1) is 0 Å². The molecular formula is C20H17F3N2O2. The maximum atomic E-state index is 13.0. The van der Waals surface area contributed by atoms with Crippen LogP contribution in [0.15, 0.2) is 48.8 Å². The van der Waals surface area contributed by atoms with Crippen LogP contribution in [0.1, 0.15) is 23.5 Å². The van der Waals surface area contributed by atoms with E-state index in [0.717, 1.165) is 24.1 Å². The van der Waals surface area contributed by atoms with Crippen molar-refractivity contribution in [1.82, 2.24) is 4.98 Å². The van der Waals surface area contributed by atoms with Gasteiger partial charge >= 0.3 is 6.18 Å². The Morgan fingerprint density at radius 2 is 1.85 bits per heavy atom. The van der Waals surface area contributed by atoms with Gasteiger partial charge in [0.2, 0.25) is 5.91 Å². The summed E-state index contributed by atoms with van der Waals surface area (Å²) in [5, 5.41) is 2.69. The lowest BCUT2D eigenvalue weighted by Crippen LogP contribution is -2.37. The summed E-state index contributed by atoms with van der Waals surface area (Å²) in [6, 6.07) is 8.50. The fourth-order valence-corrected chi connectivity index (χ4v) is 4.78. The lowest BCUT2D eigenvalue weighted by molar-refractivity contribution is -0.137. The van der Waals surface area contributed by atoms with Gasteiger partial charge in [-0.25, -0.2) is 0 Å². The minimum Gasteiger partial charge on any atom is -0.373 e. The summed E-state index contributed by atoms with van der Waals surface area (Å²) in [6.45, 7) is 0. The predicted molar refractivity (Wildman–Crippen MR) is 90.8 cm³/mol. The van der Waals surface area contributed by atoms with Crippen LogP contribution in [0.4, 0.5) is 18.9 Å². The van der Waals surface area contributed by atoms with Crippen LogP contribution in [-0.2, 0) is 15.7 Å². The first-order valence-corrected chi connectivity index (χ1v) is 8.97. The minimum atomic E-state index is -4.45. The van der Waals surface area contributed by atoms with E-state index in [0.29, 0.717) is 11.8 Å². The van der Waals surface area contributed by atoms with E-state index in [4.69, 9.17) is 4.74 Å². The first-order chi connectivity index (χ1) is 12.9. The third kappa shape index (κ3) is 2.72. The molecule has 2 aromatic rings. The number of hydrogen-bond acceptors (Lipinski definition) is 3. The van der Waals surface area contributed by atoms with E-state index >= 15 is 0 Å². The van der Waals surface area contributed by atoms with Crippen LogP contribution in [-0.4, -0.2) is 23.1 Å². The Balaban J connectivity index is 1.42. The number of carbonyl (C=O) groups excluding carboxylic acids is 1. The fourth-order valence-electron chi connectivity index (χ4n) is 4.78. The molecule has 1 aromatic heterocycles. The Labute approximate surface area is 153 Å². The summed E-state index contributed by atoms with van der Waals surface area (Å²) in [7, 11) is 0. The molecule has 1 saturated carbocycles. The molecule has 1 aliphatic carbocycles. The highest BCUT2D eigenvalue weighted by molar-refractivity contribution is 5.94. The van der Waals surface area contributed by atoms with Crippen molar-refractivity contribution in [3.63, 3.8) is 0 Å². The number of nitrogens with zero attached hydrogens (tertiary/aromatic N) is 1. The molecule has 0 unspecified atom stereocenters. The van der Waals surface area contributed by atoms with E-state index < -0.39 is 17.7 Å². The quantitative estimate of drug-likeness (QED) is 0.888. The van der Waals surface area contributed by atoms with Gasteiger partial charge < -0.3 is 10.1 Å². The van der Waals surface area contributed by atoms with E-state index in [1.54, 1.807) is 12.4 Å². The number of nitrogens with one attached hydrogen (secondary N) is 1. The van der Waals surface area contributed by atoms with Crippen LogP contribution in [0, 0.1) is 17.8 Å². The number of fused-ring (bicyclic) bond motifs is 5. The van der Waals surface area contributed by atoms with Crippen molar-refractivity contribution in [3.05, 3.63) is 59.9 Å². The Hall–Kier alpha value is -2.41. The van der Waals surface area contributed by atoms with Crippen molar-refractivity contribution in [2.75, 3.05) is 5.32 Å². The zero-order chi connectivity index (χ0) is 18.8. The second-order valence-electron chi connectivity index (χ2n) is 7.53. The molecule has 2 aliphatic heterocycles. The summed E-state index contributed by atoms with van der Waals surface area (Å²) in [6.07, 6.45) is -0.175. The molecule has 7 heteroatoms. The average molecular weight is 374 g/mol. The van der Waals surface area contributed by atoms with Gasteiger partial charge in [0, 0.05) is 24.0 Å². The normalized spacial score (nSPS) is 33.6. The number of aromatic nitrogens is 1. The second kappa shape index (κ2) is 5.79. The molecule has 27 heavy (non-hydrogen) atoms. The largest absolute Gasteiger partial charge is 0.416 e. The zero-order valence-corrected chi connectivity index (χ0v) is 14.2. The van der Waals surface area contributed by atoms with E-state index in [9.17, 15) is 18.0 Å². The highest BCUT2D eigenvalue weighted by atomic mass is 19.4. The Kier molecular flexibility index (Phi) is 3.59. The van der Waals surface area contributed by atoms with E-state index in [1.807, 2.05) is 12.1 Å². The lowest BCUT2D eigenvalue weighted by Gasteiger charge is -2.27. The third-order valence-electron chi connectivity index (χ3n) is 6.00. The molecule has 2 saturated heterocycles. The lowest BCUT2D eigenvalue weighted by atomic mass is 9.75. The second-order valence-corrected chi connectivity index (χ2v) is 7.53. The standard InChI is InChI=1S/C20H17F3N2O2/c21-20(22,23)11-2-1-3-12(8-11)25-19(26)16-15(10-4-6-24-7-5-10)17-13-9-14(13)18(16)27-17/h1-8,13-18H,9H2,(H,25,26)/t13-,14+,15+,16-,17-,18+/m0/s1. The molecule has 3 heterocycles. The van der Waals surface area contributed by atoms with E-state index in [-0.39, 0.29) is 29.7 Å². The number of amides is 1. The molecule has 0 radical (unpaired) electrons. The van der Waals surface area contributed by atoms with Crippen LogP contribution in [0.3, 0.4) is 0 Å². The first-order valence-electron chi connectivity index (χ1n) is 8.97. The predicted octanol–water partition coefficient (Wildman–Crippen LogP) is 3.86. The number of anilines is 1. The molecule has 1 N–H and O–H groups in total. The zero-order valence-electron chi connectivity index (χ0n) is 14.2. The highest BCUT2D eigenvalue weighted by Crippen LogP contribution is 2.65. The highest BCUT2D eigenvalue weighted by Gasteiger charge is 2.68. The number of carbonyl (C=O) groups is 1. The van der Waals surface area contributed by atoms with Gasteiger partial charge in [0.25, 0.3) is 0 Å². The molecule has 2 bridgehead atoms. The summed E-state index contributed by atoms with van der Waals surface area (Å²) in [5.74, 6) is 0.105. The number of hydrogen-bond donors (Lipinski definition) is 1. The Bertz CT molecular complexity index is 886. The number of rotatable bonds is 3. The molecule has 1 amide bonds. The molecule has 6 atom stereocenters. The molecule has 5 rings (SSSR count). The van der Waals surface area contributed by atoms with Crippen LogP contribution in [0.2, 0.25) is 0 Å². The van der Waals surface area contributed by atoms with Gasteiger partial charge in [-0.3, -0.25) is 9.78 Å². The minimum absolute atomic E-state index is 0.000315. The van der Waals surface area contributed by atoms with Gasteiger partial charge in [-0.05, 0) is 54.2 Å². The maximum absolute atomic E-state index is 13.0. The van der Waals surface area contributed by atoms with Crippen molar-refractivity contribution >= 4 is 11.6 Å². The maximum Gasteiger partial charge on any atom is 0.416 e. The monoisotopic (exact) mass is 374 g/mol. The van der Waals surface area contributed by atoms with E-state index in [2.05, 4.69) is 10.3 Å². The Morgan fingerprint density at radius 1 is 1.11 bits per heavy atom. The van der Waals surface area contributed by atoms with Crippen LogP contribution in [0.5, 0.6) is 0 Å². The summed E-state index contributed by atoms with van der Waals surface area (Å²) < 4.78 is 44.9. The topological polar surface area (TPSA) is 51.2 Å². The van der Waals surface area contributed by atoms with E-state index in [1.165, 1.54) is 12.1 Å². The van der Waals surface area contributed by atoms with Crippen molar-refractivity contribution in [1.29, 1.82) is 0 Å². The summed E-state index contributed by atoms with van der Waals surface area (Å²) in [4.78, 5) is 17.1.